The molecule has 0 amide bonds. The van der Waals surface area contributed by atoms with Crippen molar-refractivity contribution >= 4 is 27.8 Å². The smallest absolute Gasteiger partial charge is 0.0702 e. The molecular weight excluding hydrogens is 532 g/mol. The lowest BCUT2D eigenvalue weighted by Gasteiger charge is -2.36. The predicted molar refractivity (Wildman–Crippen MR) is 184 cm³/mol. The Morgan fingerprint density at radius 2 is 1.25 bits per heavy atom. The van der Waals surface area contributed by atoms with Gasteiger partial charge in [0.15, 0.2) is 0 Å². The van der Waals surface area contributed by atoms with Crippen LogP contribution in [0.25, 0.3) is 55.4 Å². The number of rotatable bonds is 3. The maximum Gasteiger partial charge on any atom is 0.0702 e. The largest absolute Gasteiger partial charge is 0.309 e. The molecule has 1 aliphatic heterocycles. The molecular formula is C42H30N2. The van der Waals surface area contributed by atoms with Gasteiger partial charge in [-0.2, -0.15) is 0 Å². The normalized spacial score (nSPS) is 13.8. The number of fused-ring (bicyclic) bond motifs is 6. The van der Waals surface area contributed by atoms with Crippen LogP contribution in [0.2, 0.25) is 0 Å². The fourth-order valence-electron chi connectivity index (χ4n) is 7.57. The van der Waals surface area contributed by atoms with E-state index in [1.807, 2.05) is 12.3 Å². The first-order valence-electron chi connectivity index (χ1n) is 15.3. The van der Waals surface area contributed by atoms with Crippen LogP contribution in [-0.2, 0) is 5.41 Å². The van der Waals surface area contributed by atoms with Crippen molar-refractivity contribution in [2.24, 2.45) is 0 Å². The lowest BCUT2D eigenvalue weighted by molar-refractivity contribution is 0.660. The van der Waals surface area contributed by atoms with E-state index in [0.717, 1.165) is 16.8 Å². The summed E-state index contributed by atoms with van der Waals surface area (Å²) in [7, 11) is 0. The van der Waals surface area contributed by atoms with E-state index in [-0.39, 0.29) is 5.41 Å². The monoisotopic (exact) mass is 562 g/mol. The molecule has 2 heterocycles. The van der Waals surface area contributed by atoms with E-state index < -0.39 is 0 Å². The minimum Gasteiger partial charge on any atom is -0.309 e. The Morgan fingerprint density at radius 1 is 0.523 bits per heavy atom. The molecule has 0 atom stereocenters. The van der Waals surface area contributed by atoms with E-state index in [9.17, 15) is 0 Å². The van der Waals surface area contributed by atoms with Crippen LogP contribution in [0.1, 0.15) is 25.0 Å². The van der Waals surface area contributed by atoms with Gasteiger partial charge in [0.05, 0.1) is 17.1 Å². The van der Waals surface area contributed by atoms with Gasteiger partial charge in [-0.1, -0.05) is 129 Å². The van der Waals surface area contributed by atoms with E-state index in [2.05, 4.69) is 152 Å². The van der Waals surface area contributed by atoms with Gasteiger partial charge in [0.1, 0.15) is 0 Å². The van der Waals surface area contributed by atoms with Gasteiger partial charge >= 0.3 is 0 Å². The van der Waals surface area contributed by atoms with Crippen LogP contribution in [0.4, 0.5) is 17.1 Å². The topological polar surface area (TPSA) is 16.1 Å². The summed E-state index contributed by atoms with van der Waals surface area (Å²) < 4.78 is 0. The van der Waals surface area contributed by atoms with Crippen LogP contribution in [0.5, 0.6) is 0 Å². The number of aromatic nitrogens is 1. The first-order valence-corrected chi connectivity index (χ1v) is 15.3. The second-order valence-corrected chi connectivity index (χ2v) is 12.4. The fraction of sp³-hybridized carbons (Fsp3) is 0.0714. The van der Waals surface area contributed by atoms with E-state index in [0.29, 0.717) is 0 Å². The third kappa shape index (κ3) is 3.46. The summed E-state index contributed by atoms with van der Waals surface area (Å²) in [5.41, 5.74) is 16.0. The van der Waals surface area contributed by atoms with Crippen molar-refractivity contribution < 1.29 is 0 Å². The molecule has 0 spiro atoms. The predicted octanol–water partition coefficient (Wildman–Crippen LogP) is 11.3. The molecule has 44 heavy (non-hydrogen) atoms. The molecule has 7 aromatic rings. The Morgan fingerprint density at radius 3 is 2.05 bits per heavy atom. The molecule has 0 fully saturated rings. The highest BCUT2D eigenvalue weighted by Gasteiger charge is 2.40. The van der Waals surface area contributed by atoms with Crippen molar-refractivity contribution in [2.45, 2.75) is 19.3 Å². The number of nitrogens with zero attached hydrogens (tertiary/aromatic N) is 2. The van der Waals surface area contributed by atoms with E-state index in [1.165, 1.54) is 66.8 Å². The Bertz CT molecular complexity index is 2230. The summed E-state index contributed by atoms with van der Waals surface area (Å²) in [6, 6.07) is 50.6. The minimum absolute atomic E-state index is 0.0711. The first kappa shape index (κ1) is 25.1. The quantitative estimate of drug-likeness (QED) is 0.213. The number of hydrogen-bond donors (Lipinski definition) is 0. The van der Waals surface area contributed by atoms with Crippen molar-refractivity contribution in [3.63, 3.8) is 0 Å². The molecule has 0 radical (unpaired) electrons. The lowest BCUT2D eigenvalue weighted by atomic mass is 9.80. The number of benzene rings is 6. The Kier molecular flexibility index (Phi) is 5.28. The number of pyridine rings is 1. The van der Waals surface area contributed by atoms with Gasteiger partial charge < -0.3 is 4.90 Å². The molecule has 2 nitrogen and oxygen atoms in total. The summed E-state index contributed by atoms with van der Waals surface area (Å²) in [6.07, 6.45) is 2.02. The molecule has 0 saturated carbocycles. The zero-order chi connectivity index (χ0) is 29.4. The second-order valence-electron chi connectivity index (χ2n) is 12.4. The number of para-hydroxylation sites is 1. The van der Waals surface area contributed by atoms with Gasteiger partial charge in [-0.05, 0) is 57.5 Å². The average molecular weight is 563 g/mol. The maximum absolute atomic E-state index is 4.87. The van der Waals surface area contributed by atoms with Gasteiger partial charge in [-0.25, -0.2) is 0 Å². The average Bonchev–Trinajstić information content (AvgIpc) is 3.32. The van der Waals surface area contributed by atoms with Gasteiger partial charge in [-0.3, -0.25) is 4.98 Å². The first-order chi connectivity index (χ1) is 21.6. The summed E-state index contributed by atoms with van der Waals surface area (Å²) in [5, 5.41) is 2.51. The summed E-state index contributed by atoms with van der Waals surface area (Å²) in [6.45, 7) is 4.72. The van der Waals surface area contributed by atoms with Crippen molar-refractivity contribution in [1.29, 1.82) is 0 Å². The van der Waals surface area contributed by atoms with Gasteiger partial charge in [0.25, 0.3) is 0 Å². The Labute approximate surface area is 257 Å². The molecule has 1 aromatic heterocycles. The highest BCUT2D eigenvalue weighted by molar-refractivity contribution is 6.19. The molecule has 1 aliphatic carbocycles. The lowest BCUT2D eigenvalue weighted by Crippen LogP contribution is -2.18. The molecule has 0 unspecified atom stereocenters. The van der Waals surface area contributed by atoms with Crippen molar-refractivity contribution in [3.05, 3.63) is 157 Å². The molecule has 208 valence electrons. The maximum atomic E-state index is 4.87. The summed E-state index contributed by atoms with van der Waals surface area (Å²) in [5.74, 6) is 0. The fourth-order valence-corrected chi connectivity index (χ4v) is 7.57. The van der Waals surface area contributed by atoms with E-state index in [1.54, 1.807) is 0 Å². The van der Waals surface area contributed by atoms with Crippen LogP contribution in [-0.4, -0.2) is 4.98 Å². The van der Waals surface area contributed by atoms with Crippen LogP contribution >= 0.6 is 0 Å². The van der Waals surface area contributed by atoms with Crippen LogP contribution in [0, 0.1) is 0 Å². The van der Waals surface area contributed by atoms with Gasteiger partial charge in [0, 0.05) is 44.9 Å². The second kappa shape index (κ2) is 9.26. The molecule has 0 saturated heterocycles. The minimum atomic E-state index is -0.0711. The number of hydrogen-bond acceptors (Lipinski definition) is 2. The molecule has 0 N–H and O–H groups in total. The SMILES string of the molecule is CC1(C)c2ccccc2-c2c1ccc1c2N(c2ccccc2)c2cccc3c(-c4ccc(-c5ccccc5)nc4)ccc-1c23. The zero-order valence-corrected chi connectivity index (χ0v) is 24.8. The molecule has 9 rings (SSSR count). The van der Waals surface area contributed by atoms with Gasteiger partial charge in [-0.15, -0.1) is 0 Å². The van der Waals surface area contributed by atoms with Crippen molar-refractivity contribution in [2.75, 3.05) is 4.90 Å². The Balaban J connectivity index is 1.32. The standard InChI is InChI=1S/C42H30N2/c1-42(2)35-18-10-9-16-34(35)40-36(42)24-23-33-32-22-21-30(28-20-25-37(43-26-28)27-12-5-3-6-13-27)31-17-11-19-38(39(31)32)44(41(33)40)29-14-7-4-8-15-29/h3-26H,1-2H3. The summed E-state index contributed by atoms with van der Waals surface area (Å²) >= 11 is 0. The molecule has 2 aliphatic rings. The molecule has 2 heteroatoms. The van der Waals surface area contributed by atoms with Crippen LogP contribution in [0.3, 0.4) is 0 Å². The van der Waals surface area contributed by atoms with E-state index in [4.69, 9.17) is 4.98 Å². The van der Waals surface area contributed by atoms with Gasteiger partial charge in [0.2, 0.25) is 0 Å². The third-order valence-corrected chi connectivity index (χ3v) is 9.65. The highest BCUT2D eigenvalue weighted by atomic mass is 15.2. The zero-order valence-electron chi connectivity index (χ0n) is 24.8. The third-order valence-electron chi connectivity index (χ3n) is 9.65. The van der Waals surface area contributed by atoms with Crippen LogP contribution in [0.15, 0.2) is 146 Å². The van der Waals surface area contributed by atoms with Crippen molar-refractivity contribution in [1.82, 2.24) is 4.98 Å². The molecule has 0 bridgehead atoms. The summed E-state index contributed by atoms with van der Waals surface area (Å²) in [4.78, 5) is 7.38. The molecule has 6 aromatic carbocycles. The van der Waals surface area contributed by atoms with Crippen molar-refractivity contribution in [3.8, 4) is 44.6 Å². The van der Waals surface area contributed by atoms with E-state index >= 15 is 0 Å². The Hall–Kier alpha value is -5.47. The van der Waals surface area contributed by atoms with Crippen LogP contribution < -0.4 is 4.90 Å². The number of anilines is 3. The highest BCUT2D eigenvalue weighted by Crippen LogP contribution is 2.60.